The Morgan fingerprint density at radius 3 is 2.45 bits per heavy atom. The summed E-state index contributed by atoms with van der Waals surface area (Å²) < 4.78 is 11.3. The molecule has 3 heterocycles. The zero-order valence-corrected chi connectivity index (χ0v) is 19.7. The molecule has 38 heavy (non-hydrogen) atoms. The normalized spacial score (nSPS) is 15.0. The standard InChI is InChI=1S/C28H19NO9/c1-11-2-3-12-7-15(28(36)29-16(12)6-11)14-9-21(33)37-20-10-19(32)23-24(34)25(35)26(38-27(23)22(14)20)13-4-5-17(30)18(31)8-13/h2-8,10,14,30-32,35H,9H2,1H3,(H,29,36)/t14-/m0/s1. The summed E-state index contributed by atoms with van der Waals surface area (Å²) in [7, 11) is 0. The molecular formula is C28H19NO9. The van der Waals surface area contributed by atoms with E-state index in [1.165, 1.54) is 6.07 Å². The van der Waals surface area contributed by atoms with Crippen molar-refractivity contribution in [1.29, 1.82) is 0 Å². The fourth-order valence-corrected chi connectivity index (χ4v) is 4.90. The molecule has 0 saturated heterocycles. The maximum Gasteiger partial charge on any atom is 0.312 e. The number of rotatable bonds is 2. The van der Waals surface area contributed by atoms with Gasteiger partial charge in [0.2, 0.25) is 11.2 Å². The third-order valence-corrected chi connectivity index (χ3v) is 6.71. The van der Waals surface area contributed by atoms with Crippen LogP contribution in [-0.4, -0.2) is 31.4 Å². The highest BCUT2D eigenvalue weighted by Crippen LogP contribution is 2.47. The quantitative estimate of drug-likeness (QED) is 0.134. The van der Waals surface area contributed by atoms with Gasteiger partial charge in [0.15, 0.2) is 17.3 Å². The lowest BCUT2D eigenvalue weighted by Crippen LogP contribution is -2.26. The number of H-pyrrole nitrogens is 1. The predicted molar refractivity (Wildman–Crippen MR) is 136 cm³/mol. The van der Waals surface area contributed by atoms with Gasteiger partial charge in [-0.15, -0.1) is 0 Å². The number of phenols is 3. The van der Waals surface area contributed by atoms with Crippen LogP contribution in [0.25, 0.3) is 33.2 Å². The minimum Gasteiger partial charge on any atom is -0.507 e. The number of fused-ring (bicyclic) bond motifs is 4. The Bertz CT molecular complexity index is 1950. The van der Waals surface area contributed by atoms with Crippen LogP contribution in [0.15, 0.2) is 62.5 Å². The topological polar surface area (TPSA) is 170 Å². The Hall–Kier alpha value is -5.25. The molecule has 1 aliphatic rings. The summed E-state index contributed by atoms with van der Waals surface area (Å²) in [5.41, 5.74) is 0.347. The van der Waals surface area contributed by atoms with Crippen molar-refractivity contribution >= 4 is 27.8 Å². The molecule has 2 aromatic heterocycles. The number of hydrogen-bond donors (Lipinski definition) is 5. The zero-order valence-electron chi connectivity index (χ0n) is 19.7. The summed E-state index contributed by atoms with van der Waals surface area (Å²) in [6.07, 6.45) is -0.257. The number of esters is 1. The molecule has 10 nitrogen and oxygen atoms in total. The van der Waals surface area contributed by atoms with Crippen LogP contribution in [0, 0.1) is 6.92 Å². The van der Waals surface area contributed by atoms with Gasteiger partial charge < -0.3 is 34.6 Å². The van der Waals surface area contributed by atoms with Gasteiger partial charge in [0.25, 0.3) is 5.56 Å². The fourth-order valence-electron chi connectivity index (χ4n) is 4.90. The lowest BCUT2D eigenvalue weighted by atomic mass is 9.85. The van der Waals surface area contributed by atoms with E-state index in [4.69, 9.17) is 9.15 Å². The summed E-state index contributed by atoms with van der Waals surface area (Å²) in [6.45, 7) is 1.89. The van der Waals surface area contributed by atoms with Crippen LogP contribution >= 0.6 is 0 Å². The fraction of sp³-hybridized carbons (Fsp3) is 0.107. The van der Waals surface area contributed by atoms with Gasteiger partial charge >= 0.3 is 5.97 Å². The number of carbonyl (C=O) groups excluding carboxylic acids is 1. The van der Waals surface area contributed by atoms with Crippen LogP contribution in [0.5, 0.6) is 28.7 Å². The van der Waals surface area contributed by atoms with Crippen LogP contribution < -0.4 is 15.7 Å². The van der Waals surface area contributed by atoms with Crippen LogP contribution in [0.4, 0.5) is 0 Å². The first-order valence-electron chi connectivity index (χ1n) is 11.5. The molecule has 190 valence electrons. The van der Waals surface area contributed by atoms with Crippen molar-refractivity contribution in [2.75, 3.05) is 0 Å². The number of pyridine rings is 1. The number of hydrogen-bond acceptors (Lipinski definition) is 9. The number of carbonyl (C=O) groups is 1. The largest absolute Gasteiger partial charge is 0.507 e. The third kappa shape index (κ3) is 3.46. The highest BCUT2D eigenvalue weighted by Gasteiger charge is 2.36. The number of benzene rings is 3. The molecule has 0 bridgehead atoms. The van der Waals surface area contributed by atoms with Crippen LogP contribution in [0.1, 0.15) is 29.0 Å². The van der Waals surface area contributed by atoms with E-state index in [1.54, 1.807) is 6.07 Å². The Labute approximate surface area is 212 Å². The lowest BCUT2D eigenvalue weighted by Gasteiger charge is -2.25. The number of phenolic OH excluding ortho intramolecular Hbond substituents is 3. The molecule has 1 aliphatic heterocycles. The summed E-state index contributed by atoms with van der Waals surface area (Å²) in [5, 5.41) is 41.2. The molecule has 1 atom stereocenters. The van der Waals surface area contributed by atoms with Gasteiger partial charge in [-0.1, -0.05) is 12.1 Å². The molecule has 5 N–H and O–H groups in total. The molecule has 0 spiro atoms. The molecule has 0 saturated carbocycles. The molecule has 3 aromatic carbocycles. The second kappa shape index (κ2) is 8.13. The number of aryl methyl sites for hydroxylation is 1. The third-order valence-electron chi connectivity index (χ3n) is 6.71. The molecule has 0 unspecified atom stereocenters. The smallest absolute Gasteiger partial charge is 0.312 e. The monoisotopic (exact) mass is 513 g/mol. The molecule has 6 rings (SSSR count). The van der Waals surface area contributed by atoms with Gasteiger partial charge in [0.1, 0.15) is 22.5 Å². The molecule has 0 radical (unpaired) electrons. The number of aromatic amines is 1. The summed E-state index contributed by atoms with van der Waals surface area (Å²) in [4.78, 5) is 41.8. The van der Waals surface area contributed by atoms with Crippen LogP contribution in [0.3, 0.4) is 0 Å². The Balaban J connectivity index is 1.68. The van der Waals surface area contributed by atoms with Gasteiger partial charge in [-0.25, -0.2) is 0 Å². The first-order valence-corrected chi connectivity index (χ1v) is 11.5. The first-order chi connectivity index (χ1) is 18.1. The van der Waals surface area contributed by atoms with Crippen molar-refractivity contribution < 1.29 is 34.4 Å². The number of ether oxygens (including phenoxy) is 1. The van der Waals surface area contributed by atoms with E-state index in [-0.39, 0.29) is 45.6 Å². The number of aromatic nitrogens is 1. The van der Waals surface area contributed by atoms with E-state index in [2.05, 4.69) is 4.98 Å². The van der Waals surface area contributed by atoms with E-state index in [1.807, 2.05) is 25.1 Å². The molecule has 0 aliphatic carbocycles. The maximum atomic E-state index is 13.2. The second-order valence-electron chi connectivity index (χ2n) is 9.20. The zero-order chi connectivity index (χ0) is 26.9. The number of aromatic hydroxyl groups is 4. The summed E-state index contributed by atoms with van der Waals surface area (Å²) >= 11 is 0. The Morgan fingerprint density at radius 1 is 0.895 bits per heavy atom. The van der Waals surface area contributed by atoms with E-state index < -0.39 is 45.9 Å². The van der Waals surface area contributed by atoms with Crippen molar-refractivity contribution in [2.24, 2.45) is 0 Å². The second-order valence-corrected chi connectivity index (χ2v) is 9.20. The summed E-state index contributed by atoms with van der Waals surface area (Å²) in [5.74, 6) is -4.43. The SMILES string of the molecule is Cc1ccc2cc([C@@H]3CC(=O)Oc4cc(O)c5c(=O)c(O)c(-c6ccc(O)c(O)c6)oc5c43)c(=O)[nH]c2c1. The Morgan fingerprint density at radius 2 is 1.68 bits per heavy atom. The number of nitrogens with one attached hydrogen (secondary N) is 1. The van der Waals surface area contributed by atoms with Gasteiger partial charge in [0, 0.05) is 34.2 Å². The first kappa shape index (κ1) is 23.2. The van der Waals surface area contributed by atoms with Gasteiger partial charge in [-0.05, 0) is 48.2 Å². The van der Waals surface area contributed by atoms with Crippen LogP contribution in [-0.2, 0) is 4.79 Å². The van der Waals surface area contributed by atoms with E-state index in [0.717, 1.165) is 23.8 Å². The minimum atomic E-state index is -0.979. The van der Waals surface area contributed by atoms with Crippen molar-refractivity contribution in [1.82, 2.24) is 4.98 Å². The predicted octanol–water partition coefficient (Wildman–Crippen LogP) is 3.87. The molecular weight excluding hydrogens is 494 g/mol. The summed E-state index contributed by atoms with van der Waals surface area (Å²) in [6, 6.07) is 11.8. The molecule has 0 fully saturated rings. The van der Waals surface area contributed by atoms with Crippen molar-refractivity contribution in [3.8, 4) is 40.1 Å². The van der Waals surface area contributed by atoms with Gasteiger partial charge in [-0.2, -0.15) is 0 Å². The molecule has 0 amide bonds. The highest BCUT2D eigenvalue weighted by atomic mass is 16.5. The molecule has 5 aromatic rings. The van der Waals surface area contributed by atoms with E-state index >= 15 is 0 Å². The molecule has 10 heteroatoms. The van der Waals surface area contributed by atoms with E-state index in [0.29, 0.717) is 10.9 Å². The lowest BCUT2D eigenvalue weighted by molar-refractivity contribution is -0.135. The maximum absolute atomic E-state index is 13.2. The van der Waals surface area contributed by atoms with Gasteiger partial charge in [-0.3, -0.25) is 14.4 Å². The minimum absolute atomic E-state index is 0.0529. The Kier molecular flexibility index (Phi) is 4.96. The van der Waals surface area contributed by atoms with Crippen molar-refractivity contribution in [3.05, 3.63) is 85.8 Å². The average molecular weight is 513 g/mol. The van der Waals surface area contributed by atoms with Gasteiger partial charge in [0.05, 0.1) is 6.42 Å². The average Bonchev–Trinajstić information content (AvgIpc) is 2.86. The van der Waals surface area contributed by atoms with Crippen molar-refractivity contribution in [2.45, 2.75) is 19.3 Å². The highest BCUT2D eigenvalue weighted by molar-refractivity contribution is 5.94. The van der Waals surface area contributed by atoms with Crippen molar-refractivity contribution in [3.63, 3.8) is 0 Å². The van der Waals surface area contributed by atoms with Crippen LogP contribution in [0.2, 0.25) is 0 Å². The van der Waals surface area contributed by atoms with E-state index in [9.17, 15) is 34.8 Å².